The van der Waals surface area contributed by atoms with Crippen molar-refractivity contribution in [3.63, 3.8) is 0 Å². The molecule has 88 heavy (non-hydrogen) atoms. The van der Waals surface area contributed by atoms with Gasteiger partial charge in [0.15, 0.2) is 0 Å². The largest absolute Gasteiger partial charge is 0.511 e. The van der Waals surface area contributed by atoms with Crippen LogP contribution in [0.2, 0.25) is 0 Å². The molecule has 464 valence electrons. The van der Waals surface area contributed by atoms with E-state index in [-0.39, 0.29) is 62.6 Å². The summed E-state index contributed by atoms with van der Waals surface area (Å²) in [5.74, 6) is -1.82. The lowest BCUT2D eigenvalue weighted by Crippen LogP contribution is -2.33. The quantitative estimate of drug-likeness (QED) is 0.0496. The molecular weight excluding hydrogens is 1130 g/mol. The molecule has 0 amide bonds. The number of aromatic amines is 2. The number of nitrogens with one attached hydrogen (secondary N) is 3. The molecule has 8 aliphatic rings. The van der Waals surface area contributed by atoms with Gasteiger partial charge in [0.05, 0.1) is 58.1 Å². The summed E-state index contributed by atoms with van der Waals surface area (Å²) in [6.45, 7) is 17.5. The number of aliphatic hydroxyl groups excluding tert-OH is 3. The standard InChI is InChI=1S/C66H76N8O14/c1-10-12-13-14-21-84-37(9)55-36(8)59-57(38-15-17-39(18-16-38)64(81)86-30-51-48(76)26-53(88-51)74-28-32(4)63(80)72-66(74)83)58-34(6)41(19-20-54(78)85-29-50-47(75)25-52(87-50)73-27-31(3)62(79)71-65(73)82)60(70-58)42-22-49(77)56-35(7)44(68-61(42)56)23-45-40(11-2)33(5)43(67-45)24-46(55)69-59/h15-18,23-24,27-28,34,37,41,47-48,50-53,70,75-77H,10-14,19-22,25-26,29-30H2,1-9H3,(H,71,79,82)(H,72,80,83)/t34?,37?,41?,47-,48?,50+,51?,52+,53?/m1/s1. The van der Waals surface area contributed by atoms with Crippen LogP contribution in [0.1, 0.15) is 152 Å². The third-order valence-corrected chi connectivity index (χ3v) is 18.2. The summed E-state index contributed by atoms with van der Waals surface area (Å²) in [4.78, 5) is 98.1. The number of hydrogen-bond acceptors (Lipinski definition) is 18. The molecule has 1 aliphatic carbocycles. The van der Waals surface area contributed by atoms with Crippen LogP contribution in [0, 0.1) is 25.7 Å². The van der Waals surface area contributed by atoms with Gasteiger partial charge in [0, 0.05) is 101 Å². The van der Waals surface area contributed by atoms with Gasteiger partial charge in [-0.25, -0.2) is 29.4 Å². The van der Waals surface area contributed by atoms with Gasteiger partial charge in [0.1, 0.15) is 43.6 Å². The number of esters is 2. The zero-order valence-corrected chi connectivity index (χ0v) is 51.1. The van der Waals surface area contributed by atoms with Gasteiger partial charge in [-0.15, -0.1) is 0 Å². The molecule has 3 saturated heterocycles. The number of aliphatic hydroxyl groups is 3. The number of hydrogen-bond donors (Lipinski definition) is 6. The molecule has 11 rings (SSSR count). The van der Waals surface area contributed by atoms with Crippen LogP contribution in [-0.4, -0.2) is 114 Å². The van der Waals surface area contributed by atoms with E-state index in [1.54, 1.807) is 26.0 Å². The number of unbranched alkanes of at least 4 members (excludes halogenated alkanes) is 3. The van der Waals surface area contributed by atoms with Gasteiger partial charge in [-0.1, -0.05) is 52.2 Å². The van der Waals surface area contributed by atoms with Crippen molar-refractivity contribution in [1.29, 1.82) is 0 Å². The molecule has 9 heterocycles. The molecule has 0 radical (unpaired) electrons. The van der Waals surface area contributed by atoms with E-state index in [4.69, 9.17) is 38.7 Å². The summed E-state index contributed by atoms with van der Waals surface area (Å²) in [7, 11) is 0. The molecule has 9 atom stereocenters. The summed E-state index contributed by atoms with van der Waals surface area (Å²) in [6.07, 6.45) is 5.77. The average molecular weight is 1210 g/mol. The first-order valence-corrected chi connectivity index (χ1v) is 30.5. The van der Waals surface area contributed by atoms with Crippen molar-refractivity contribution < 1.29 is 48.6 Å². The molecule has 1 aromatic carbocycles. The van der Waals surface area contributed by atoms with Gasteiger partial charge in [-0.05, 0) is 113 Å². The average Bonchev–Trinajstić information content (AvgIpc) is 1.67. The van der Waals surface area contributed by atoms with Gasteiger partial charge in [0.2, 0.25) is 0 Å². The summed E-state index contributed by atoms with van der Waals surface area (Å²) >= 11 is 0. The Labute approximate surface area is 507 Å². The summed E-state index contributed by atoms with van der Waals surface area (Å²) in [5, 5.41) is 37.8. The van der Waals surface area contributed by atoms with Crippen molar-refractivity contribution in [1.82, 2.24) is 24.4 Å². The van der Waals surface area contributed by atoms with Crippen LogP contribution in [0.15, 0.2) is 156 Å². The highest BCUT2D eigenvalue weighted by Gasteiger charge is 2.44. The van der Waals surface area contributed by atoms with Crippen molar-refractivity contribution in [3.05, 3.63) is 186 Å². The zero-order valence-electron chi connectivity index (χ0n) is 51.1. The predicted molar refractivity (Wildman–Crippen MR) is 329 cm³/mol. The Morgan fingerprint density at radius 2 is 1.39 bits per heavy atom. The molecule has 22 heteroatoms. The molecular formula is C66H76N8O14. The number of aryl methyl sites for hydroxylation is 2. The Kier molecular flexibility index (Phi) is 17.6. The topological polar surface area (TPSA) is 300 Å². The number of carbonyl (C=O) groups excluding carboxylic acids is 2. The minimum Gasteiger partial charge on any atom is -0.511 e. The Balaban J connectivity index is 0.961. The Hall–Kier alpha value is -8.15. The van der Waals surface area contributed by atoms with Crippen LogP contribution in [-0.2, 0) is 28.5 Å². The second-order valence-corrected chi connectivity index (χ2v) is 24.0. The summed E-state index contributed by atoms with van der Waals surface area (Å²) < 4.78 is 32.7. The van der Waals surface area contributed by atoms with E-state index in [1.807, 2.05) is 45.1 Å². The van der Waals surface area contributed by atoms with Crippen molar-refractivity contribution in [2.45, 2.75) is 169 Å². The molecule has 2 aromatic heterocycles. The number of carbonyl (C=O) groups is 2. The molecule has 6 N–H and O–H groups in total. The molecule has 0 saturated carbocycles. The molecule has 3 aromatic rings. The van der Waals surface area contributed by atoms with Crippen LogP contribution < -0.4 is 27.8 Å². The van der Waals surface area contributed by atoms with E-state index in [0.29, 0.717) is 63.7 Å². The Bertz CT molecular complexity index is 4020. The van der Waals surface area contributed by atoms with Crippen molar-refractivity contribution in [3.8, 4) is 0 Å². The van der Waals surface area contributed by atoms with Crippen molar-refractivity contribution in [2.75, 3.05) is 19.8 Å². The number of H-pyrrole nitrogens is 2. The number of nitrogens with zero attached hydrogens (tertiary/aromatic N) is 5. The van der Waals surface area contributed by atoms with Gasteiger partial charge in [-0.3, -0.25) is 33.5 Å². The third-order valence-electron chi connectivity index (χ3n) is 18.2. The molecule has 7 aliphatic heterocycles. The minimum atomic E-state index is -1.08. The number of allylic oxidation sites excluding steroid dienone is 11. The minimum absolute atomic E-state index is 0.0241. The fraction of sp³-hybridized carbons (Fsp3) is 0.470. The smallest absolute Gasteiger partial charge is 0.338 e. The van der Waals surface area contributed by atoms with E-state index < -0.39 is 83.3 Å². The van der Waals surface area contributed by atoms with E-state index in [1.165, 1.54) is 21.5 Å². The number of aromatic nitrogens is 4. The monoisotopic (exact) mass is 1200 g/mol. The number of rotatable bonds is 19. The number of ether oxygens (including phenoxy) is 5. The van der Waals surface area contributed by atoms with Crippen LogP contribution >= 0.6 is 0 Å². The van der Waals surface area contributed by atoms with Gasteiger partial charge >= 0.3 is 23.3 Å². The third kappa shape index (κ3) is 11.7. The van der Waals surface area contributed by atoms with Crippen LogP contribution in [0.5, 0.6) is 0 Å². The Morgan fingerprint density at radius 3 is 2.01 bits per heavy atom. The van der Waals surface area contributed by atoms with Crippen LogP contribution in [0.4, 0.5) is 0 Å². The normalized spacial score (nSPS) is 25.2. The van der Waals surface area contributed by atoms with Crippen LogP contribution in [0.25, 0.3) is 5.57 Å². The maximum absolute atomic E-state index is 14.0. The SMILES string of the molecule is CCCCCCOC(C)C1=C(C)C2=NC1=CC1=NC(=CC3=C(C)C4=C(O)CC(=C5NC(=C2c2ccc(C(=O)OCC6OC(n7cc(C)c(=O)[nH]c7=O)CC6O)cc2)C(C)C5CCC(=O)OC[C@@H]2O[C@H](n5cc(C)c(=O)[nH]c5=O)C[C@H]2O)C4=N3)C(CC)=C1C. The summed E-state index contributed by atoms with van der Waals surface area (Å²) in [5.41, 5.74) is 11.5. The lowest BCUT2D eigenvalue weighted by atomic mass is 9.83. The van der Waals surface area contributed by atoms with Crippen LogP contribution in [0.3, 0.4) is 0 Å². The molecule has 8 bridgehead atoms. The molecule has 3 fully saturated rings. The lowest BCUT2D eigenvalue weighted by Gasteiger charge is -2.20. The number of fused-ring (bicyclic) bond motifs is 5. The lowest BCUT2D eigenvalue weighted by molar-refractivity contribution is -0.150. The van der Waals surface area contributed by atoms with E-state index >= 15 is 0 Å². The first-order valence-electron chi connectivity index (χ1n) is 30.5. The number of aliphatic imine (C=N–C) groups is 3. The van der Waals surface area contributed by atoms with E-state index in [9.17, 15) is 44.1 Å². The second-order valence-electron chi connectivity index (χ2n) is 24.0. The predicted octanol–water partition coefficient (Wildman–Crippen LogP) is 7.66. The highest BCUT2D eigenvalue weighted by atomic mass is 16.6. The molecule has 22 nitrogen and oxygen atoms in total. The number of benzene rings is 1. The Morgan fingerprint density at radius 1 is 0.750 bits per heavy atom. The molecule has 6 unspecified atom stereocenters. The van der Waals surface area contributed by atoms with E-state index in [0.717, 1.165) is 81.9 Å². The zero-order chi connectivity index (χ0) is 62.6. The maximum atomic E-state index is 14.0. The first-order chi connectivity index (χ1) is 42.1. The van der Waals surface area contributed by atoms with Gasteiger partial charge in [0.25, 0.3) is 11.1 Å². The highest BCUT2D eigenvalue weighted by Crippen LogP contribution is 2.49. The van der Waals surface area contributed by atoms with Crippen molar-refractivity contribution in [2.24, 2.45) is 26.8 Å². The fourth-order valence-electron chi connectivity index (χ4n) is 13.2. The first kappa shape index (κ1) is 61.5. The fourth-order valence-corrected chi connectivity index (χ4v) is 13.2. The molecule has 0 spiro atoms. The van der Waals surface area contributed by atoms with Gasteiger partial charge in [-0.2, -0.15) is 0 Å². The van der Waals surface area contributed by atoms with Crippen molar-refractivity contribution >= 4 is 34.6 Å². The second kappa shape index (κ2) is 25.1. The van der Waals surface area contributed by atoms with E-state index in [2.05, 4.69) is 43.0 Å². The summed E-state index contributed by atoms with van der Waals surface area (Å²) in [6, 6.07) is 6.97. The maximum Gasteiger partial charge on any atom is 0.338 e. The van der Waals surface area contributed by atoms with Gasteiger partial charge < -0.3 is 44.3 Å². The highest BCUT2D eigenvalue weighted by molar-refractivity contribution is 6.34.